The third-order valence-corrected chi connectivity index (χ3v) is 3.84. The van der Waals surface area contributed by atoms with Gasteiger partial charge in [-0.15, -0.1) is 0 Å². The molecule has 1 aliphatic heterocycles. The summed E-state index contributed by atoms with van der Waals surface area (Å²) in [7, 11) is 3.41. The van der Waals surface area contributed by atoms with Crippen LogP contribution in [0, 0.1) is 0 Å². The van der Waals surface area contributed by atoms with E-state index in [2.05, 4.69) is 29.5 Å². The number of hydrazine groups is 1. The van der Waals surface area contributed by atoms with Crippen LogP contribution >= 0.6 is 0 Å². The molecule has 1 unspecified atom stereocenters. The van der Waals surface area contributed by atoms with E-state index in [4.69, 9.17) is 9.47 Å². The van der Waals surface area contributed by atoms with E-state index in [9.17, 15) is 0 Å². The molecule has 1 aromatic rings. The lowest BCUT2D eigenvalue weighted by Gasteiger charge is -2.30. The standard InChI is InChI=1S/C16H26N2O2/c1-13(17-18-9-5-4-6-10-18)14-7-8-16(20-3)15(11-14)12-19-2/h7-8,11,13,17H,4-6,9-10,12H2,1-3H3. The summed E-state index contributed by atoms with van der Waals surface area (Å²) >= 11 is 0. The van der Waals surface area contributed by atoms with E-state index in [-0.39, 0.29) is 0 Å². The second-order valence-corrected chi connectivity index (χ2v) is 5.40. The van der Waals surface area contributed by atoms with E-state index in [0.29, 0.717) is 12.6 Å². The Morgan fingerprint density at radius 1 is 1.20 bits per heavy atom. The van der Waals surface area contributed by atoms with E-state index < -0.39 is 0 Å². The van der Waals surface area contributed by atoms with Crippen molar-refractivity contribution in [2.24, 2.45) is 0 Å². The molecule has 1 aliphatic rings. The fourth-order valence-electron chi connectivity index (χ4n) is 2.71. The van der Waals surface area contributed by atoms with Gasteiger partial charge < -0.3 is 9.47 Å². The molecule has 1 atom stereocenters. The van der Waals surface area contributed by atoms with Crippen LogP contribution in [0.2, 0.25) is 0 Å². The third-order valence-electron chi connectivity index (χ3n) is 3.84. The van der Waals surface area contributed by atoms with Crippen LogP contribution in [-0.4, -0.2) is 32.3 Å². The highest BCUT2D eigenvalue weighted by Gasteiger charge is 2.15. The second kappa shape index (κ2) is 7.62. The van der Waals surface area contributed by atoms with Crippen LogP contribution in [0.3, 0.4) is 0 Å². The summed E-state index contributed by atoms with van der Waals surface area (Å²) in [5.74, 6) is 0.890. The van der Waals surface area contributed by atoms with Gasteiger partial charge in [0.15, 0.2) is 0 Å². The van der Waals surface area contributed by atoms with Gasteiger partial charge in [0.05, 0.1) is 13.7 Å². The van der Waals surface area contributed by atoms with Crippen LogP contribution in [-0.2, 0) is 11.3 Å². The average molecular weight is 278 g/mol. The number of rotatable bonds is 6. The van der Waals surface area contributed by atoms with Crippen LogP contribution in [0.4, 0.5) is 0 Å². The molecule has 0 amide bonds. The maximum Gasteiger partial charge on any atom is 0.124 e. The predicted molar refractivity (Wildman–Crippen MR) is 80.7 cm³/mol. The van der Waals surface area contributed by atoms with Crippen LogP contribution in [0.1, 0.15) is 43.4 Å². The first-order valence-electron chi connectivity index (χ1n) is 7.41. The second-order valence-electron chi connectivity index (χ2n) is 5.40. The number of nitrogens with zero attached hydrogens (tertiary/aromatic N) is 1. The van der Waals surface area contributed by atoms with Crippen LogP contribution in [0.15, 0.2) is 18.2 Å². The Hall–Kier alpha value is -1.10. The minimum Gasteiger partial charge on any atom is -0.496 e. The van der Waals surface area contributed by atoms with Crippen LogP contribution in [0.25, 0.3) is 0 Å². The van der Waals surface area contributed by atoms with Gasteiger partial charge in [-0.25, -0.2) is 10.4 Å². The summed E-state index contributed by atoms with van der Waals surface area (Å²) in [6.45, 7) is 5.07. The predicted octanol–water partition coefficient (Wildman–Crippen LogP) is 2.89. The molecule has 1 fully saturated rings. The number of piperidine rings is 1. The molecule has 1 heterocycles. The lowest BCUT2D eigenvalue weighted by molar-refractivity contribution is 0.133. The van der Waals surface area contributed by atoms with Crippen molar-refractivity contribution in [2.45, 2.75) is 38.8 Å². The monoisotopic (exact) mass is 278 g/mol. The van der Waals surface area contributed by atoms with Crippen molar-refractivity contribution in [3.63, 3.8) is 0 Å². The molecular weight excluding hydrogens is 252 g/mol. The number of ether oxygens (including phenoxy) is 2. The first-order valence-corrected chi connectivity index (χ1v) is 7.41. The van der Waals surface area contributed by atoms with Crippen molar-refractivity contribution in [3.05, 3.63) is 29.3 Å². The summed E-state index contributed by atoms with van der Waals surface area (Å²) in [5.41, 5.74) is 5.96. The Kier molecular flexibility index (Phi) is 5.83. The number of benzene rings is 1. The van der Waals surface area contributed by atoms with Crippen molar-refractivity contribution in [1.29, 1.82) is 0 Å². The number of methoxy groups -OCH3 is 2. The van der Waals surface area contributed by atoms with E-state index in [0.717, 1.165) is 24.4 Å². The molecule has 0 saturated carbocycles. The van der Waals surface area contributed by atoms with Crippen molar-refractivity contribution >= 4 is 0 Å². The normalized spacial score (nSPS) is 17.9. The number of hydrogen-bond donors (Lipinski definition) is 1. The van der Waals surface area contributed by atoms with E-state index >= 15 is 0 Å². The Morgan fingerprint density at radius 3 is 2.60 bits per heavy atom. The fourth-order valence-corrected chi connectivity index (χ4v) is 2.71. The zero-order valence-corrected chi connectivity index (χ0v) is 12.8. The highest BCUT2D eigenvalue weighted by Crippen LogP contribution is 2.24. The third kappa shape index (κ3) is 3.95. The van der Waals surface area contributed by atoms with Crippen LogP contribution < -0.4 is 10.2 Å². The molecule has 20 heavy (non-hydrogen) atoms. The topological polar surface area (TPSA) is 33.7 Å². The molecular formula is C16H26N2O2. The smallest absolute Gasteiger partial charge is 0.124 e. The summed E-state index contributed by atoms with van der Waals surface area (Å²) in [6, 6.07) is 6.62. The SMILES string of the molecule is COCc1cc(C(C)NN2CCCCC2)ccc1OC. The van der Waals surface area contributed by atoms with Gasteiger partial charge >= 0.3 is 0 Å². The summed E-state index contributed by atoms with van der Waals surface area (Å²) in [6.07, 6.45) is 3.93. The molecule has 0 bridgehead atoms. The van der Waals surface area contributed by atoms with Gasteiger partial charge in [0.2, 0.25) is 0 Å². The maximum absolute atomic E-state index is 5.37. The van der Waals surface area contributed by atoms with Gasteiger partial charge in [-0.1, -0.05) is 12.5 Å². The highest BCUT2D eigenvalue weighted by molar-refractivity contribution is 5.38. The largest absolute Gasteiger partial charge is 0.496 e. The molecule has 0 aromatic heterocycles. The van der Waals surface area contributed by atoms with E-state index in [1.165, 1.54) is 24.8 Å². The molecule has 4 nitrogen and oxygen atoms in total. The molecule has 1 aromatic carbocycles. The van der Waals surface area contributed by atoms with Crippen molar-refractivity contribution in [2.75, 3.05) is 27.3 Å². The van der Waals surface area contributed by atoms with Crippen molar-refractivity contribution in [3.8, 4) is 5.75 Å². The van der Waals surface area contributed by atoms with Crippen LogP contribution in [0.5, 0.6) is 5.75 Å². The molecule has 0 aliphatic carbocycles. The first-order chi connectivity index (χ1) is 9.74. The Bertz CT molecular complexity index is 417. The van der Waals surface area contributed by atoms with Gasteiger partial charge in [0.1, 0.15) is 5.75 Å². The Balaban J connectivity index is 2.04. The van der Waals surface area contributed by atoms with Crippen molar-refractivity contribution in [1.82, 2.24) is 10.4 Å². The zero-order chi connectivity index (χ0) is 14.4. The molecule has 2 rings (SSSR count). The van der Waals surface area contributed by atoms with E-state index in [1.54, 1.807) is 14.2 Å². The minimum atomic E-state index is 0.301. The molecule has 4 heteroatoms. The van der Waals surface area contributed by atoms with Gasteiger partial charge in [0, 0.05) is 31.8 Å². The molecule has 0 radical (unpaired) electrons. The lowest BCUT2D eigenvalue weighted by atomic mass is 10.0. The summed E-state index contributed by atoms with van der Waals surface area (Å²) in [5, 5.41) is 2.34. The quantitative estimate of drug-likeness (QED) is 0.867. The lowest BCUT2D eigenvalue weighted by Crippen LogP contribution is -2.42. The summed E-state index contributed by atoms with van der Waals surface area (Å²) in [4.78, 5) is 0. The number of nitrogens with one attached hydrogen (secondary N) is 1. The fraction of sp³-hybridized carbons (Fsp3) is 0.625. The van der Waals surface area contributed by atoms with Gasteiger partial charge in [-0.2, -0.15) is 0 Å². The van der Waals surface area contributed by atoms with Gasteiger partial charge in [-0.3, -0.25) is 0 Å². The zero-order valence-electron chi connectivity index (χ0n) is 12.8. The molecule has 1 N–H and O–H groups in total. The molecule has 112 valence electrons. The summed E-state index contributed by atoms with van der Waals surface area (Å²) < 4.78 is 10.6. The number of hydrogen-bond acceptors (Lipinski definition) is 4. The van der Waals surface area contributed by atoms with Gasteiger partial charge in [0.25, 0.3) is 0 Å². The first kappa shape index (κ1) is 15.3. The van der Waals surface area contributed by atoms with Crippen molar-refractivity contribution < 1.29 is 9.47 Å². The van der Waals surface area contributed by atoms with Gasteiger partial charge in [-0.05, 0) is 37.5 Å². The molecule has 1 saturated heterocycles. The van der Waals surface area contributed by atoms with E-state index in [1.807, 2.05) is 6.07 Å². The average Bonchev–Trinajstić information content (AvgIpc) is 2.48. The molecule has 0 spiro atoms. The Labute approximate surface area is 122 Å². The maximum atomic E-state index is 5.37. The highest BCUT2D eigenvalue weighted by atomic mass is 16.5. The Morgan fingerprint density at radius 2 is 1.95 bits per heavy atom. The minimum absolute atomic E-state index is 0.301.